The summed E-state index contributed by atoms with van der Waals surface area (Å²) in [6, 6.07) is 5.41. The number of benzene rings is 1. The molecular weight excluding hydrogens is 276 g/mol. The molecule has 0 heterocycles. The van der Waals surface area contributed by atoms with Gasteiger partial charge in [0.05, 0.1) is 13.0 Å². The highest BCUT2D eigenvalue weighted by Crippen LogP contribution is 2.27. The van der Waals surface area contributed by atoms with Gasteiger partial charge in [0.1, 0.15) is 5.75 Å². The molecule has 1 aliphatic rings. The Bertz CT molecular complexity index is 479. The fraction of sp³-hybridized carbons (Fsp3) is 0.533. The van der Waals surface area contributed by atoms with Gasteiger partial charge in [0.2, 0.25) is 5.91 Å². The molecule has 0 spiro atoms. The maximum atomic E-state index is 12.2. The lowest BCUT2D eigenvalue weighted by Gasteiger charge is -2.27. The Hall–Kier alpha value is -1.26. The molecule has 3 N–H and O–H groups in total. The summed E-state index contributed by atoms with van der Waals surface area (Å²) in [6.45, 7) is 0.366. The van der Waals surface area contributed by atoms with Gasteiger partial charge in [0.15, 0.2) is 0 Å². The van der Waals surface area contributed by atoms with Crippen molar-refractivity contribution in [1.29, 1.82) is 0 Å². The maximum absolute atomic E-state index is 12.2. The molecule has 1 saturated carbocycles. The molecule has 2 atom stereocenters. The summed E-state index contributed by atoms with van der Waals surface area (Å²) in [4.78, 5) is 12.2. The van der Waals surface area contributed by atoms with Crippen LogP contribution in [-0.2, 0) is 11.3 Å². The smallest absolute Gasteiger partial charge is 0.224 e. The normalized spacial score (nSPS) is 22.4. The van der Waals surface area contributed by atoms with Crippen LogP contribution in [0, 0.1) is 5.92 Å². The van der Waals surface area contributed by atoms with E-state index in [1.165, 1.54) is 0 Å². The average Bonchev–Trinajstić information content (AvgIpc) is 2.46. The van der Waals surface area contributed by atoms with Crippen LogP contribution >= 0.6 is 11.6 Å². The van der Waals surface area contributed by atoms with Gasteiger partial charge in [0.25, 0.3) is 0 Å². The number of halogens is 1. The van der Waals surface area contributed by atoms with E-state index in [9.17, 15) is 4.79 Å². The third kappa shape index (κ3) is 3.44. The van der Waals surface area contributed by atoms with Crippen molar-refractivity contribution in [3.63, 3.8) is 0 Å². The first kappa shape index (κ1) is 15.1. The first-order valence-electron chi connectivity index (χ1n) is 6.98. The summed E-state index contributed by atoms with van der Waals surface area (Å²) >= 11 is 6.15. The minimum absolute atomic E-state index is 0.0131. The SMILES string of the molecule is COc1cccc(Cl)c1CNC(=O)C1CCCCC1N. The Kier molecular flexibility index (Phi) is 5.26. The molecule has 1 aliphatic carbocycles. The van der Waals surface area contributed by atoms with Crippen LogP contribution in [0.15, 0.2) is 18.2 Å². The predicted molar refractivity (Wildman–Crippen MR) is 79.8 cm³/mol. The van der Waals surface area contributed by atoms with Crippen molar-refractivity contribution < 1.29 is 9.53 Å². The minimum atomic E-state index is -0.0859. The molecule has 2 unspecified atom stereocenters. The van der Waals surface area contributed by atoms with Crippen molar-refractivity contribution in [2.75, 3.05) is 7.11 Å². The summed E-state index contributed by atoms with van der Waals surface area (Å²) in [5, 5.41) is 3.53. The largest absolute Gasteiger partial charge is 0.496 e. The van der Waals surface area contributed by atoms with Gasteiger partial charge in [-0.3, -0.25) is 4.79 Å². The molecule has 110 valence electrons. The van der Waals surface area contributed by atoms with Crippen molar-refractivity contribution in [2.45, 2.75) is 38.3 Å². The number of methoxy groups -OCH3 is 1. The topological polar surface area (TPSA) is 64.3 Å². The van der Waals surface area contributed by atoms with E-state index in [0.29, 0.717) is 17.3 Å². The Morgan fingerprint density at radius 3 is 2.90 bits per heavy atom. The molecule has 1 fully saturated rings. The molecule has 0 saturated heterocycles. The lowest BCUT2D eigenvalue weighted by Crippen LogP contribution is -2.43. The highest BCUT2D eigenvalue weighted by Gasteiger charge is 2.28. The summed E-state index contributed by atoms with van der Waals surface area (Å²) in [6.07, 6.45) is 3.98. The van der Waals surface area contributed by atoms with Crippen LogP contribution in [0.2, 0.25) is 5.02 Å². The zero-order chi connectivity index (χ0) is 14.5. The number of carbonyl (C=O) groups excluding carboxylic acids is 1. The fourth-order valence-electron chi connectivity index (χ4n) is 2.69. The molecule has 5 heteroatoms. The van der Waals surface area contributed by atoms with E-state index in [1.807, 2.05) is 12.1 Å². The zero-order valence-corrected chi connectivity index (χ0v) is 12.5. The number of hydrogen-bond acceptors (Lipinski definition) is 3. The molecule has 0 bridgehead atoms. The number of nitrogens with one attached hydrogen (secondary N) is 1. The lowest BCUT2D eigenvalue weighted by atomic mass is 9.84. The van der Waals surface area contributed by atoms with Gasteiger partial charge in [-0.05, 0) is 25.0 Å². The standard InChI is InChI=1S/C15H21ClN2O2/c1-20-14-8-4-6-12(16)11(14)9-18-15(19)10-5-2-3-7-13(10)17/h4,6,8,10,13H,2-3,5,7,9,17H2,1H3,(H,18,19). The molecule has 0 aliphatic heterocycles. The van der Waals surface area contributed by atoms with Crippen molar-refractivity contribution in [1.82, 2.24) is 5.32 Å². The molecular formula is C15H21ClN2O2. The number of hydrogen-bond donors (Lipinski definition) is 2. The number of amides is 1. The van der Waals surface area contributed by atoms with E-state index in [0.717, 1.165) is 31.2 Å². The van der Waals surface area contributed by atoms with Gasteiger partial charge < -0.3 is 15.8 Å². The summed E-state index contributed by atoms with van der Waals surface area (Å²) in [5.41, 5.74) is 6.82. The quantitative estimate of drug-likeness (QED) is 0.897. The van der Waals surface area contributed by atoms with Gasteiger partial charge in [-0.1, -0.05) is 30.5 Å². The van der Waals surface area contributed by atoms with Crippen molar-refractivity contribution in [3.05, 3.63) is 28.8 Å². The van der Waals surface area contributed by atoms with E-state index in [4.69, 9.17) is 22.1 Å². The Morgan fingerprint density at radius 2 is 2.20 bits per heavy atom. The zero-order valence-electron chi connectivity index (χ0n) is 11.7. The van der Waals surface area contributed by atoms with Gasteiger partial charge in [-0.25, -0.2) is 0 Å². The van der Waals surface area contributed by atoms with Crippen LogP contribution in [0.5, 0.6) is 5.75 Å². The van der Waals surface area contributed by atoms with Crippen molar-refractivity contribution in [2.24, 2.45) is 11.7 Å². The summed E-state index contributed by atoms with van der Waals surface area (Å²) in [7, 11) is 1.59. The lowest BCUT2D eigenvalue weighted by molar-refractivity contribution is -0.126. The van der Waals surface area contributed by atoms with Crippen LogP contribution in [0.3, 0.4) is 0 Å². The maximum Gasteiger partial charge on any atom is 0.224 e. The first-order chi connectivity index (χ1) is 9.63. The number of carbonyl (C=O) groups is 1. The fourth-order valence-corrected chi connectivity index (χ4v) is 2.93. The second kappa shape index (κ2) is 6.95. The molecule has 1 amide bonds. The average molecular weight is 297 g/mol. The molecule has 1 aromatic rings. The van der Waals surface area contributed by atoms with E-state index < -0.39 is 0 Å². The molecule has 2 rings (SSSR count). The monoisotopic (exact) mass is 296 g/mol. The second-order valence-electron chi connectivity index (χ2n) is 5.19. The second-order valence-corrected chi connectivity index (χ2v) is 5.60. The highest BCUT2D eigenvalue weighted by molar-refractivity contribution is 6.31. The molecule has 0 aromatic heterocycles. The van der Waals surface area contributed by atoms with Crippen molar-refractivity contribution in [3.8, 4) is 5.75 Å². The predicted octanol–water partition coefficient (Wildman–Crippen LogP) is 2.48. The third-order valence-electron chi connectivity index (χ3n) is 3.89. The Labute approximate surface area is 124 Å². The van der Waals surface area contributed by atoms with Crippen LogP contribution in [0.4, 0.5) is 0 Å². The van der Waals surface area contributed by atoms with E-state index in [2.05, 4.69) is 5.32 Å². The number of rotatable bonds is 4. The van der Waals surface area contributed by atoms with Gasteiger partial charge in [-0.2, -0.15) is 0 Å². The molecule has 0 radical (unpaired) electrons. The Morgan fingerprint density at radius 1 is 1.45 bits per heavy atom. The number of ether oxygens (including phenoxy) is 1. The van der Waals surface area contributed by atoms with Crippen molar-refractivity contribution >= 4 is 17.5 Å². The summed E-state index contributed by atoms with van der Waals surface area (Å²) in [5.74, 6) is 0.613. The van der Waals surface area contributed by atoms with E-state index in [1.54, 1.807) is 13.2 Å². The van der Waals surface area contributed by atoms with Gasteiger partial charge in [0, 0.05) is 23.2 Å². The molecule has 20 heavy (non-hydrogen) atoms. The first-order valence-corrected chi connectivity index (χ1v) is 7.36. The van der Waals surface area contributed by atoms with Crippen LogP contribution in [0.1, 0.15) is 31.2 Å². The van der Waals surface area contributed by atoms with Gasteiger partial charge in [-0.15, -0.1) is 0 Å². The van der Waals surface area contributed by atoms with E-state index >= 15 is 0 Å². The van der Waals surface area contributed by atoms with Crippen LogP contribution < -0.4 is 15.8 Å². The Balaban J connectivity index is 2.00. The van der Waals surface area contributed by atoms with E-state index in [-0.39, 0.29) is 17.9 Å². The van der Waals surface area contributed by atoms with Crippen LogP contribution in [-0.4, -0.2) is 19.1 Å². The molecule has 4 nitrogen and oxygen atoms in total. The third-order valence-corrected chi connectivity index (χ3v) is 4.25. The summed E-state index contributed by atoms with van der Waals surface area (Å²) < 4.78 is 5.26. The van der Waals surface area contributed by atoms with Crippen LogP contribution in [0.25, 0.3) is 0 Å². The number of nitrogens with two attached hydrogens (primary N) is 1. The van der Waals surface area contributed by atoms with Gasteiger partial charge >= 0.3 is 0 Å². The minimum Gasteiger partial charge on any atom is -0.496 e. The highest BCUT2D eigenvalue weighted by atomic mass is 35.5. The molecule has 1 aromatic carbocycles.